The van der Waals surface area contributed by atoms with Gasteiger partial charge in [0.2, 0.25) is 10.0 Å². The van der Waals surface area contributed by atoms with Crippen LogP contribution in [0.5, 0.6) is 0 Å². The molecule has 2 atom stereocenters. The van der Waals surface area contributed by atoms with Crippen molar-refractivity contribution in [2.24, 2.45) is 5.92 Å². The molecule has 1 N–H and O–H groups in total. The van der Waals surface area contributed by atoms with Crippen molar-refractivity contribution in [3.8, 4) is 11.3 Å². The van der Waals surface area contributed by atoms with Gasteiger partial charge in [-0.3, -0.25) is 9.58 Å². The monoisotopic (exact) mass is 661 g/mol. The molecule has 1 aromatic carbocycles. The summed E-state index contributed by atoms with van der Waals surface area (Å²) in [6, 6.07) is 3.94. The van der Waals surface area contributed by atoms with Gasteiger partial charge in [-0.2, -0.15) is 22.6 Å². The van der Waals surface area contributed by atoms with Crippen LogP contribution in [-0.4, -0.2) is 108 Å². The second kappa shape index (κ2) is 14.0. The van der Waals surface area contributed by atoms with E-state index in [4.69, 9.17) is 5.10 Å². The molecule has 2 fully saturated rings. The second-order valence-electron chi connectivity index (χ2n) is 12.5. The molecule has 2 saturated heterocycles. The molecule has 14 heteroatoms. The Morgan fingerprint density at radius 2 is 1.84 bits per heavy atom. The fourth-order valence-electron chi connectivity index (χ4n) is 6.44. The number of nitrogens with zero attached hydrogens (tertiary/aromatic N) is 5. The van der Waals surface area contributed by atoms with E-state index in [-0.39, 0.29) is 24.5 Å². The Balaban J connectivity index is 1.42. The summed E-state index contributed by atoms with van der Waals surface area (Å²) in [5, 5.41) is 15.8. The molecule has 1 unspecified atom stereocenters. The normalized spacial score (nSPS) is 22.3. The number of alkyl halides is 4. The number of β-amino-alcohol motifs (C(OH)–C–C–N with tert-alkyl or cyclic N) is 1. The lowest BCUT2D eigenvalue weighted by Gasteiger charge is -2.32. The SMILES string of the molecule is CC1CCN(C[C@H](O)Cn2nc(-c3ccc(C(F)(F)F)c(SCCN4CCCC(F)C4)c3)c3c2CCN(S(C)(=O)=O)C3)CC1. The fourth-order valence-corrected chi connectivity index (χ4v) is 8.35. The van der Waals surface area contributed by atoms with Crippen LogP contribution < -0.4 is 0 Å². The zero-order chi connectivity index (χ0) is 31.6. The number of aliphatic hydroxyl groups is 1. The van der Waals surface area contributed by atoms with Crippen LogP contribution in [0.4, 0.5) is 17.6 Å². The molecule has 4 heterocycles. The summed E-state index contributed by atoms with van der Waals surface area (Å²) in [4.78, 5) is 4.25. The van der Waals surface area contributed by atoms with Crippen LogP contribution in [0.15, 0.2) is 23.1 Å². The number of hydrogen-bond acceptors (Lipinski definition) is 7. The number of benzene rings is 1. The number of sulfonamides is 1. The minimum atomic E-state index is -4.56. The number of aromatic nitrogens is 2. The molecular formula is C30H43F4N5O3S2. The van der Waals surface area contributed by atoms with E-state index in [0.29, 0.717) is 61.0 Å². The lowest BCUT2D eigenvalue weighted by Crippen LogP contribution is -2.40. The maximum Gasteiger partial charge on any atom is 0.417 e. The third-order valence-corrected chi connectivity index (χ3v) is 11.3. The van der Waals surface area contributed by atoms with Crippen LogP contribution in [0.1, 0.15) is 49.4 Å². The Labute approximate surface area is 261 Å². The Morgan fingerprint density at radius 3 is 2.52 bits per heavy atom. The smallest absolute Gasteiger partial charge is 0.390 e. The zero-order valence-electron chi connectivity index (χ0n) is 25.4. The molecular weight excluding hydrogens is 618 g/mol. The topological polar surface area (TPSA) is 81.9 Å². The first kappa shape index (κ1) is 33.6. The van der Waals surface area contributed by atoms with Crippen LogP contribution in [-0.2, 0) is 35.7 Å². The first-order chi connectivity index (χ1) is 20.8. The number of aliphatic hydroxyl groups excluding tert-OH is 1. The van der Waals surface area contributed by atoms with E-state index in [1.807, 2.05) is 4.90 Å². The van der Waals surface area contributed by atoms with E-state index in [1.54, 1.807) is 4.68 Å². The highest BCUT2D eigenvalue weighted by atomic mass is 32.2. The van der Waals surface area contributed by atoms with Gasteiger partial charge in [-0.15, -0.1) is 11.8 Å². The quantitative estimate of drug-likeness (QED) is 0.297. The lowest BCUT2D eigenvalue weighted by molar-refractivity contribution is -0.139. The molecule has 246 valence electrons. The molecule has 2 aromatic rings. The van der Waals surface area contributed by atoms with Crippen LogP contribution in [0.3, 0.4) is 0 Å². The second-order valence-corrected chi connectivity index (χ2v) is 15.7. The molecule has 44 heavy (non-hydrogen) atoms. The molecule has 0 bridgehead atoms. The van der Waals surface area contributed by atoms with E-state index in [9.17, 15) is 31.1 Å². The van der Waals surface area contributed by atoms with E-state index in [2.05, 4.69) is 11.8 Å². The Hall–Kier alpha value is -1.71. The van der Waals surface area contributed by atoms with Crippen LogP contribution in [0.25, 0.3) is 11.3 Å². The van der Waals surface area contributed by atoms with Crippen molar-refractivity contribution in [1.82, 2.24) is 23.9 Å². The van der Waals surface area contributed by atoms with Crippen molar-refractivity contribution in [3.05, 3.63) is 35.0 Å². The third-order valence-electron chi connectivity index (χ3n) is 8.97. The Morgan fingerprint density at radius 1 is 1.09 bits per heavy atom. The zero-order valence-corrected chi connectivity index (χ0v) is 27.0. The van der Waals surface area contributed by atoms with Gasteiger partial charge in [0, 0.05) is 66.6 Å². The van der Waals surface area contributed by atoms with E-state index < -0.39 is 34.0 Å². The van der Waals surface area contributed by atoms with Crippen molar-refractivity contribution in [2.75, 3.05) is 57.8 Å². The predicted octanol–water partition coefficient (Wildman–Crippen LogP) is 4.51. The van der Waals surface area contributed by atoms with Gasteiger partial charge in [0.25, 0.3) is 0 Å². The molecule has 8 nitrogen and oxygen atoms in total. The third kappa shape index (κ3) is 8.35. The van der Waals surface area contributed by atoms with Crippen LogP contribution in [0.2, 0.25) is 0 Å². The Bertz CT molecular complexity index is 1400. The summed E-state index contributed by atoms with van der Waals surface area (Å²) in [6.45, 7) is 6.61. The highest BCUT2D eigenvalue weighted by molar-refractivity contribution is 7.99. The molecule has 5 rings (SSSR count). The van der Waals surface area contributed by atoms with Crippen molar-refractivity contribution in [1.29, 1.82) is 0 Å². The van der Waals surface area contributed by atoms with Crippen molar-refractivity contribution >= 4 is 21.8 Å². The van der Waals surface area contributed by atoms with E-state index in [0.717, 1.165) is 68.7 Å². The van der Waals surface area contributed by atoms with Crippen LogP contribution >= 0.6 is 11.8 Å². The molecule has 3 aliphatic rings. The van der Waals surface area contributed by atoms with Gasteiger partial charge in [0.1, 0.15) is 6.17 Å². The number of fused-ring (bicyclic) bond motifs is 1. The average Bonchev–Trinajstić information content (AvgIpc) is 3.30. The summed E-state index contributed by atoms with van der Waals surface area (Å²) < 4.78 is 83.9. The van der Waals surface area contributed by atoms with Gasteiger partial charge in [0.05, 0.1) is 30.2 Å². The molecule has 0 aliphatic carbocycles. The minimum absolute atomic E-state index is 0.0576. The Kier molecular flexibility index (Phi) is 10.7. The summed E-state index contributed by atoms with van der Waals surface area (Å²) in [5.74, 6) is 1.04. The standard InChI is InChI=1S/C30H43F4N5O3S2/c1-21-7-11-37(12-8-21)18-24(40)19-39-27-9-13-38(44(2,41)42)20-25(27)29(35-39)22-5-6-26(30(32,33)34)28(16-22)43-15-14-36-10-3-4-23(31)17-36/h5-6,16,21,23-24,40H,3-4,7-15,17-20H2,1-2H3/t23?,24-/m0/s1. The van der Waals surface area contributed by atoms with Crippen molar-refractivity contribution in [2.45, 2.75) is 75.5 Å². The van der Waals surface area contributed by atoms with Gasteiger partial charge in [-0.25, -0.2) is 12.8 Å². The molecule has 1 aromatic heterocycles. The van der Waals surface area contributed by atoms with E-state index in [1.165, 1.54) is 16.4 Å². The molecule has 3 aliphatic heterocycles. The van der Waals surface area contributed by atoms with Crippen LogP contribution in [0, 0.1) is 5.92 Å². The maximum atomic E-state index is 14.0. The number of hydrogen-bond donors (Lipinski definition) is 1. The first-order valence-electron chi connectivity index (χ1n) is 15.4. The number of piperidine rings is 2. The number of likely N-dealkylation sites (tertiary alicyclic amines) is 2. The number of thioether (sulfide) groups is 1. The van der Waals surface area contributed by atoms with E-state index >= 15 is 0 Å². The summed E-state index contributed by atoms with van der Waals surface area (Å²) in [5.41, 5.74) is 1.60. The molecule has 0 saturated carbocycles. The largest absolute Gasteiger partial charge is 0.417 e. The molecule has 0 amide bonds. The minimum Gasteiger partial charge on any atom is -0.390 e. The van der Waals surface area contributed by atoms with Gasteiger partial charge in [-0.1, -0.05) is 13.0 Å². The highest BCUT2D eigenvalue weighted by Gasteiger charge is 2.35. The van der Waals surface area contributed by atoms with Gasteiger partial charge < -0.3 is 10.0 Å². The summed E-state index contributed by atoms with van der Waals surface area (Å²) in [6.07, 6.45) is -1.22. The van der Waals surface area contributed by atoms with Gasteiger partial charge >= 0.3 is 6.18 Å². The number of rotatable bonds is 10. The lowest BCUT2D eigenvalue weighted by atomic mass is 9.99. The highest BCUT2D eigenvalue weighted by Crippen LogP contribution is 2.40. The average molecular weight is 662 g/mol. The van der Waals surface area contributed by atoms with Crippen molar-refractivity contribution < 1.29 is 31.1 Å². The summed E-state index contributed by atoms with van der Waals surface area (Å²) in [7, 11) is -3.51. The fraction of sp³-hybridized carbons (Fsp3) is 0.700. The molecule has 0 radical (unpaired) electrons. The van der Waals surface area contributed by atoms with Gasteiger partial charge in [0.15, 0.2) is 0 Å². The van der Waals surface area contributed by atoms with Crippen molar-refractivity contribution in [3.63, 3.8) is 0 Å². The molecule has 0 spiro atoms. The number of halogens is 4. The first-order valence-corrected chi connectivity index (χ1v) is 18.3. The predicted molar refractivity (Wildman–Crippen MR) is 164 cm³/mol. The maximum absolute atomic E-state index is 14.0. The summed E-state index contributed by atoms with van der Waals surface area (Å²) >= 11 is 1.09. The van der Waals surface area contributed by atoms with Gasteiger partial charge in [-0.05, 0) is 63.4 Å².